The van der Waals surface area contributed by atoms with Crippen LogP contribution >= 0.6 is 21.6 Å². The number of hydrogen-bond donors (Lipinski definition) is 1. The van der Waals surface area contributed by atoms with Gasteiger partial charge < -0.3 is 9.84 Å². The molecule has 1 N–H and O–H groups in total. The van der Waals surface area contributed by atoms with Crippen LogP contribution in [-0.2, 0) is 11.2 Å². The lowest BCUT2D eigenvalue weighted by atomic mass is 10.1. The second-order valence-corrected chi connectivity index (χ2v) is 7.56. The summed E-state index contributed by atoms with van der Waals surface area (Å²) < 4.78 is 4.89. The average Bonchev–Trinajstić information content (AvgIpc) is 2.59. The molecule has 132 valence electrons. The molecule has 1 heterocycles. The number of nitrogens with zero attached hydrogens (tertiary/aromatic N) is 2. The number of ether oxygens (including phenoxy) is 1. The van der Waals surface area contributed by atoms with E-state index in [0.717, 1.165) is 10.6 Å². The van der Waals surface area contributed by atoms with Crippen LogP contribution < -0.4 is 0 Å². The molecule has 1 aromatic carbocycles. The third kappa shape index (κ3) is 6.28. The minimum absolute atomic E-state index is 0.0191. The summed E-state index contributed by atoms with van der Waals surface area (Å²) in [4.78, 5) is 25.3. The lowest BCUT2D eigenvalue weighted by molar-refractivity contribution is -0.384. The highest BCUT2D eigenvalue weighted by molar-refractivity contribution is 8.76. The average molecular weight is 380 g/mol. The normalized spacial score (nSPS) is 13.0. The molecular formula is C16H16N2O5S2. The van der Waals surface area contributed by atoms with E-state index in [1.54, 1.807) is 25.3 Å². The third-order valence-corrected chi connectivity index (χ3v) is 6.14. The number of hydrogen-bond acceptors (Lipinski definition) is 7. The van der Waals surface area contributed by atoms with E-state index in [0.29, 0.717) is 6.42 Å². The number of non-ortho nitro benzene ring substituents is 1. The quantitative estimate of drug-likeness (QED) is 0.311. The van der Waals surface area contributed by atoms with Crippen molar-refractivity contribution in [3.05, 3.63) is 64.3 Å². The summed E-state index contributed by atoms with van der Waals surface area (Å²) in [5.41, 5.74) is 0.885. The maximum atomic E-state index is 10.8. The minimum atomic E-state index is -1.33. The maximum Gasteiger partial charge on any atom is 0.506 e. The Labute approximate surface area is 152 Å². The lowest BCUT2D eigenvalue weighted by Crippen LogP contribution is -2.27. The SMILES string of the molecule is C[C@@H](OC(=O)O)[C@@H](Cc1ccc([N+](=O)[O-])cc1)SSc1ccccn1. The molecule has 2 aromatic rings. The molecule has 0 unspecified atom stereocenters. The molecule has 9 heteroatoms. The predicted octanol–water partition coefficient (Wildman–Crippen LogP) is 4.42. The summed E-state index contributed by atoms with van der Waals surface area (Å²) in [5, 5.41) is 20.2. The summed E-state index contributed by atoms with van der Waals surface area (Å²) in [7, 11) is 2.90. The Morgan fingerprint density at radius 1 is 1.32 bits per heavy atom. The number of carbonyl (C=O) groups is 1. The number of nitro benzene ring substituents is 1. The first-order valence-electron chi connectivity index (χ1n) is 7.33. The first-order valence-corrected chi connectivity index (χ1v) is 9.54. The van der Waals surface area contributed by atoms with Crippen molar-refractivity contribution in [2.24, 2.45) is 0 Å². The molecule has 2 rings (SSSR count). The van der Waals surface area contributed by atoms with Crippen LogP contribution in [0.2, 0.25) is 0 Å². The molecule has 0 radical (unpaired) electrons. The van der Waals surface area contributed by atoms with Gasteiger partial charge in [-0.2, -0.15) is 0 Å². The molecule has 0 amide bonds. The van der Waals surface area contributed by atoms with Gasteiger partial charge in [0.05, 0.1) is 10.2 Å². The van der Waals surface area contributed by atoms with Gasteiger partial charge in [0, 0.05) is 18.3 Å². The molecule has 0 bridgehead atoms. The van der Waals surface area contributed by atoms with E-state index >= 15 is 0 Å². The summed E-state index contributed by atoms with van der Waals surface area (Å²) in [6, 6.07) is 11.8. The van der Waals surface area contributed by atoms with Crippen LogP contribution in [0.3, 0.4) is 0 Å². The topological polar surface area (TPSA) is 103 Å². The molecule has 0 aliphatic carbocycles. The Morgan fingerprint density at radius 3 is 2.60 bits per heavy atom. The third-order valence-electron chi connectivity index (χ3n) is 3.29. The van der Waals surface area contributed by atoms with Gasteiger partial charge in [0.25, 0.3) is 5.69 Å². The van der Waals surface area contributed by atoms with Crippen LogP contribution in [0.4, 0.5) is 10.5 Å². The summed E-state index contributed by atoms with van der Waals surface area (Å²) in [5.74, 6) is 0. The zero-order chi connectivity index (χ0) is 18.2. The van der Waals surface area contributed by atoms with E-state index in [-0.39, 0.29) is 10.9 Å². The number of nitro groups is 1. The van der Waals surface area contributed by atoms with Crippen molar-refractivity contribution in [1.29, 1.82) is 0 Å². The van der Waals surface area contributed by atoms with Gasteiger partial charge in [0.1, 0.15) is 11.1 Å². The zero-order valence-electron chi connectivity index (χ0n) is 13.3. The number of benzene rings is 1. The summed E-state index contributed by atoms with van der Waals surface area (Å²) >= 11 is 0. The van der Waals surface area contributed by atoms with Gasteiger partial charge in [-0.1, -0.05) is 29.0 Å². The molecule has 0 aliphatic heterocycles. The summed E-state index contributed by atoms with van der Waals surface area (Å²) in [6.07, 6.45) is 0.320. The molecule has 0 spiro atoms. The van der Waals surface area contributed by atoms with E-state index in [1.807, 2.05) is 18.2 Å². The van der Waals surface area contributed by atoms with Crippen LogP contribution in [-0.4, -0.2) is 32.5 Å². The van der Waals surface area contributed by atoms with Crippen molar-refractivity contribution < 1.29 is 19.6 Å². The van der Waals surface area contributed by atoms with Crippen LogP contribution in [0.15, 0.2) is 53.7 Å². The van der Waals surface area contributed by atoms with Crippen molar-refractivity contribution in [1.82, 2.24) is 4.98 Å². The molecule has 0 fully saturated rings. The molecular weight excluding hydrogens is 364 g/mol. The Morgan fingerprint density at radius 2 is 2.04 bits per heavy atom. The van der Waals surface area contributed by atoms with Gasteiger partial charge >= 0.3 is 6.16 Å². The highest BCUT2D eigenvalue weighted by Crippen LogP contribution is 2.36. The fraction of sp³-hybridized carbons (Fsp3) is 0.250. The van der Waals surface area contributed by atoms with Gasteiger partial charge in [0.15, 0.2) is 0 Å². The number of pyridine rings is 1. The van der Waals surface area contributed by atoms with Gasteiger partial charge in [-0.25, -0.2) is 9.78 Å². The smallest absolute Gasteiger partial charge is 0.450 e. The lowest BCUT2D eigenvalue weighted by Gasteiger charge is -2.21. The van der Waals surface area contributed by atoms with Crippen molar-refractivity contribution in [3.8, 4) is 0 Å². The van der Waals surface area contributed by atoms with Gasteiger partial charge in [0.2, 0.25) is 0 Å². The second-order valence-electron chi connectivity index (χ2n) is 5.10. The van der Waals surface area contributed by atoms with Crippen molar-refractivity contribution in [2.45, 2.75) is 29.7 Å². The van der Waals surface area contributed by atoms with Crippen LogP contribution in [0, 0.1) is 10.1 Å². The fourth-order valence-corrected chi connectivity index (χ4v) is 4.58. The highest BCUT2D eigenvalue weighted by atomic mass is 33.1. The minimum Gasteiger partial charge on any atom is -0.450 e. The van der Waals surface area contributed by atoms with E-state index in [4.69, 9.17) is 9.84 Å². The Balaban J connectivity index is 2.07. The van der Waals surface area contributed by atoms with Crippen LogP contribution in [0.5, 0.6) is 0 Å². The van der Waals surface area contributed by atoms with E-state index in [1.165, 1.54) is 33.7 Å². The second kappa shape index (κ2) is 9.28. The monoisotopic (exact) mass is 380 g/mol. The molecule has 1 aromatic heterocycles. The first kappa shape index (κ1) is 19.1. The first-order chi connectivity index (χ1) is 12.0. The largest absolute Gasteiger partial charge is 0.506 e. The number of rotatable bonds is 8. The van der Waals surface area contributed by atoms with Gasteiger partial charge in [-0.3, -0.25) is 10.1 Å². The highest BCUT2D eigenvalue weighted by Gasteiger charge is 2.23. The zero-order valence-corrected chi connectivity index (χ0v) is 14.9. The number of aromatic nitrogens is 1. The Kier molecular flexibility index (Phi) is 7.08. The molecule has 2 atom stereocenters. The number of carboxylic acid groups (broad SMARTS) is 1. The van der Waals surface area contributed by atoms with Gasteiger partial charge in [-0.05, 0) is 41.8 Å². The molecule has 0 aliphatic rings. The van der Waals surface area contributed by atoms with E-state index < -0.39 is 17.2 Å². The van der Waals surface area contributed by atoms with Crippen molar-refractivity contribution in [3.63, 3.8) is 0 Å². The van der Waals surface area contributed by atoms with Crippen LogP contribution in [0.1, 0.15) is 12.5 Å². The predicted molar refractivity (Wildman–Crippen MR) is 96.8 cm³/mol. The Hall–Kier alpha value is -2.26. The fourth-order valence-electron chi connectivity index (χ4n) is 2.01. The van der Waals surface area contributed by atoms with Crippen molar-refractivity contribution >= 4 is 33.4 Å². The molecule has 25 heavy (non-hydrogen) atoms. The Bertz CT molecular complexity index is 712. The van der Waals surface area contributed by atoms with E-state index in [9.17, 15) is 14.9 Å². The van der Waals surface area contributed by atoms with E-state index in [2.05, 4.69) is 4.98 Å². The molecule has 0 saturated heterocycles. The maximum absolute atomic E-state index is 10.8. The molecule has 7 nitrogen and oxygen atoms in total. The van der Waals surface area contributed by atoms with Gasteiger partial charge in [-0.15, -0.1) is 0 Å². The molecule has 0 saturated carbocycles. The summed E-state index contributed by atoms with van der Waals surface area (Å²) in [6.45, 7) is 1.69. The van der Waals surface area contributed by atoms with Crippen molar-refractivity contribution in [2.75, 3.05) is 0 Å². The standard InChI is InChI=1S/C16H16N2O5S2/c1-11(23-16(19)20)14(24-25-15-4-2-3-9-17-15)10-12-5-7-13(8-6-12)18(21)22/h2-9,11,14H,10H2,1H3,(H,19,20)/t11-,14-/m1/s1. The van der Waals surface area contributed by atoms with Crippen LogP contribution in [0.25, 0.3) is 0 Å².